The van der Waals surface area contributed by atoms with Crippen molar-refractivity contribution in [1.82, 2.24) is 16.0 Å². The molecule has 0 aliphatic carbocycles. The lowest BCUT2D eigenvalue weighted by atomic mass is 10.0. The minimum atomic E-state index is -1.15. The first-order valence-corrected chi connectivity index (χ1v) is 19.7. The zero-order valence-electron chi connectivity index (χ0n) is 32.3. The van der Waals surface area contributed by atoms with E-state index in [9.17, 15) is 33.9 Å². The summed E-state index contributed by atoms with van der Waals surface area (Å²) in [5, 5.41) is 26.1. The van der Waals surface area contributed by atoms with Gasteiger partial charge in [-0.3, -0.25) is 24.0 Å². The molecular weight excluding hydrogens is 690 g/mol. The summed E-state index contributed by atoms with van der Waals surface area (Å²) in [6, 6.07) is -1.10. The van der Waals surface area contributed by atoms with E-state index in [1.807, 2.05) is 0 Å². The van der Waals surface area contributed by atoms with Crippen molar-refractivity contribution in [3.05, 3.63) is 0 Å². The second-order valence-corrected chi connectivity index (χ2v) is 13.3. The van der Waals surface area contributed by atoms with Gasteiger partial charge in [-0.1, -0.05) is 77.0 Å². The van der Waals surface area contributed by atoms with Gasteiger partial charge in [0.05, 0.1) is 26.4 Å². The number of nitrogens with one attached hydrogen (secondary N) is 3. The molecule has 3 amide bonds. The van der Waals surface area contributed by atoms with Crippen LogP contribution in [0, 0.1) is 0 Å². The first kappa shape index (κ1) is 49.9. The highest BCUT2D eigenvalue weighted by Crippen LogP contribution is 2.14. The molecule has 0 heterocycles. The van der Waals surface area contributed by atoms with E-state index in [4.69, 9.17) is 24.1 Å². The zero-order valence-corrected chi connectivity index (χ0v) is 32.3. The lowest BCUT2D eigenvalue weighted by Gasteiger charge is -2.14. The summed E-state index contributed by atoms with van der Waals surface area (Å²) in [6.45, 7) is 4.54. The first-order valence-electron chi connectivity index (χ1n) is 19.7. The van der Waals surface area contributed by atoms with Crippen LogP contribution in [-0.2, 0) is 47.7 Å². The van der Waals surface area contributed by atoms with Crippen LogP contribution < -0.4 is 16.0 Å². The van der Waals surface area contributed by atoms with Crippen LogP contribution in [0.5, 0.6) is 0 Å². The number of ketones is 1. The molecule has 0 aliphatic heterocycles. The van der Waals surface area contributed by atoms with Gasteiger partial charge in [0.2, 0.25) is 17.7 Å². The van der Waals surface area contributed by atoms with Crippen molar-refractivity contribution in [2.24, 2.45) is 0 Å². The van der Waals surface area contributed by atoms with E-state index < -0.39 is 18.0 Å². The lowest BCUT2D eigenvalue weighted by Crippen LogP contribution is -2.41. The summed E-state index contributed by atoms with van der Waals surface area (Å²) >= 11 is 0. The third-order valence-corrected chi connectivity index (χ3v) is 8.20. The van der Waals surface area contributed by atoms with Crippen LogP contribution >= 0.6 is 0 Å². The molecule has 15 heteroatoms. The highest BCUT2D eigenvalue weighted by molar-refractivity contribution is 5.84. The van der Waals surface area contributed by atoms with E-state index in [-0.39, 0.29) is 62.4 Å². The van der Waals surface area contributed by atoms with Crippen molar-refractivity contribution in [1.29, 1.82) is 0 Å². The largest absolute Gasteiger partial charge is 0.481 e. The summed E-state index contributed by atoms with van der Waals surface area (Å²) < 4.78 is 21.3. The maximum Gasteiger partial charge on any atom is 0.326 e. The SMILES string of the molecule is CC(=O)COCC(=O)NCCCOCCOCCOCCCNC(=O)CC[C@@H](NC(=O)CCCCCCCCCCCCCCCCC(=O)O)C(=O)O. The van der Waals surface area contributed by atoms with Gasteiger partial charge in [-0.15, -0.1) is 0 Å². The Balaban J connectivity index is 3.60. The normalized spacial score (nSPS) is 11.6. The van der Waals surface area contributed by atoms with E-state index >= 15 is 0 Å². The molecule has 0 aromatic heterocycles. The molecular formula is C38H69N3O12. The van der Waals surface area contributed by atoms with Gasteiger partial charge in [-0.25, -0.2) is 4.79 Å². The Morgan fingerprint density at radius 2 is 0.906 bits per heavy atom. The number of carbonyl (C=O) groups excluding carboxylic acids is 4. The summed E-state index contributed by atoms with van der Waals surface area (Å²) in [5.74, 6) is -2.85. The quantitative estimate of drug-likeness (QED) is 0.0552. The third-order valence-electron chi connectivity index (χ3n) is 8.20. The van der Waals surface area contributed by atoms with Gasteiger partial charge < -0.3 is 45.1 Å². The molecule has 0 fully saturated rings. The number of carbonyl (C=O) groups is 6. The highest BCUT2D eigenvalue weighted by atomic mass is 16.5. The van der Waals surface area contributed by atoms with Crippen molar-refractivity contribution in [2.45, 2.75) is 141 Å². The summed E-state index contributed by atoms with van der Waals surface area (Å²) in [6.07, 6.45) is 17.0. The maximum atomic E-state index is 12.3. The number of amides is 3. The minimum absolute atomic E-state index is 0.00553. The topological polar surface area (TPSA) is 216 Å². The Hall–Kier alpha value is -3.14. The molecule has 0 aromatic carbocycles. The molecule has 15 nitrogen and oxygen atoms in total. The van der Waals surface area contributed by atoms with E-state index in [0.29, 0.717) is 72.0 Å². The molecule has 0 saturated carbocycles. The Kier molecular flexibility index (Phi) is 35.0. The van der Waals surface area contributed by atoms with Crippen molar-refractivity contribution >= 4 is 35.4 Å². The fraction of sp³-hybridized carbons (Fsp3) is 0.842. The van der Waals surface area contributed by atoms with Gasteiger partial charge in [0.1, 0.15) is 19.3 Å². The fourth-order valence-corrected chi connectivity index (χ4v) is 5.26. The summed E-state index contributed by atoms with van der Waals surface area (Å²) in [7, 11) is 0. The molecule has 5 N–H and O–H groups in total. The number of unbranched alkanes of at least 4 members (excludes halogenated alkanes) is 13. The van der Waals surface area contributed by atoms with Crippen molar-refractivity contribution in [3.8, 4) is 0 Å². The van der Waals surface area contributed by atoms with Crippen LogP contribution in [0.25, 0.3) is 0 Å². The van der Waals surface area contributed by atoms with Crippen LogP contribution in [0.15, 0.2) is 0 Å². The number of carboxylic acids is 2. The second kappa shape index (κ2) is 37.2. The predicted molar refractivity (Wildman–Crippen MR) is 200 cm³/mol. The molecule has 0 aliphatic rings. The molecule has 0 aromatic rings. The molecule has 0 saturated heterocycles. The number of Topliss-reactive ketones (excluding diaryl/α,β-unsaturated/α-hetero) is 1. The van der Waals surface area contributed by atoms with Crippen LogP contribution in [-0.4, -0.2) is 118 Å². The second-order valence-electron chi connectivity index (χ2n) is 13.3. The lowest BCUT2D eigenvalue weighted by molar-refractivity contribution is -0.142. The van der Waals surface area contributed by atoms with Crippen LogP contribution in [0.1, 0.15) is 135 Å². The highest BCUT2D eigenvalue weighted by Gasteiger charge is 2.20. The van der Waals surface area contributed by atoms with Crippen LogP contribution in [0.3, 0.4) is 0 Å². The molecule has 0 unspecified atom stereocenters. The van der Waals surface area contributed by atoms with Crippen molar-refractivity contribution in [2.75, 3.05) is 65.9 Å². The molecule has 308 valence electrons. The summed E-state index contributed by atoms with van der Waals surface area (Å²) in [4.78, 5) is 68.8. The van der Waals surface area contributed by atoms with Crippen molar-refractivity contribution < 1.29 is 57.9 Å². The predicted octanol–water partition coefficient (Wildman–Crippen LogP) is 4.33. The standard InChI is InChI=1S/C38H69N3O12/c1-32(42)30-53-31-36(45)40-23-17-25-51-27-29-52-28-26-50-24-16-22-39-34(43)21-20-33(38(48)49)41-35(44)18-14-12-10-8-6-4-2-3-5-7-9-11-13-15-19-37(46)47/h33H,2-31H2,1H3,(H,39,43)(H,40,45)(H,41,44)(H,46,47)(H,48,49)/t33-/m1/s1. The Morgan fingerprint density at radius 3 is 1.36 bits per heavy atom. The van der Waals surface area contributed by atoms with Crippen LogP contribution in [0.4, 0.5) is 0 Å². The molecule has 0 spiro atoms. The van der Waals surface area contributed by atoms with Gasteiger partial charge in [-0.2, -0.15) is 0 Å². The van der Waals surface area contributed by atoms with Gasteiger partial charge in [0.15, 0.2) is 5.78 Å². The van der Waals surface area contributed by atoms with Crippen molar-refractivity contribution in [3.63, 3.8) is 0 Å². The van der Waals surface area contributed by atoms with E-state index in [0.717, 1.165) is 38.5 Å². The first-order chi connectivity index (χ1) is 25.6. The fourth-order valence-electron chi connectivity index (χ4n) is 5.26. The number of carboxylic acid groups (broad SMARTS) is 2. The summed E-state index contributed by atoms with van der Waals surface area (Å²) in [5.41, 5.74) is 0. The number of aliphatic carboxylic acids is 2. The number of hydrogen-bond acceptors (Lipinski definition) is 10. The van der Waals surface area contributed by atoms with Gasteiger partial charge in [0.25, 0.3) is 0 Å². The molecule has 1 atom stereocenters. The number of ether oxygens (including phenoxy) is 4. The minimum Gasteiger partial charge on any atom is -0.481 e. The van der Waals surface area contributed by atoms with Gasteiger partial charge in [-0.05, 0) is 39.0 Å². The number of hydrogen-bond donors (Lipinski definition) is 5. The third kappa shape index (κ3) is 38.4. The van der Waals surface area contributed by atoms with E-state index in [1.165, 1.54) is 51.9 Å². The average molecular weight is 760 g/mol. The monoisotopic (exact) mass is 759 g/mol. The van der Waals surface area contributed by atoms with E-state index in [2.05, 4.69) is 16.0 Å². The molecule has 0 rings (SSSR count). The maximum absolute atomic E-state index is 12.3. The smallest absolute Gasteiger partial charge is 0.326 e. The Bertz CT molecular complexity index is 982. The number of rotatable bonds is 40. The van der Waals surface area contributed by atoms with Gasteiger partial charge in [0, 0.05) is 45.6 Å². The Morgan fingerprint density at radius 1 is 0.472 bits per heavy atom. The molecule has 0 radical (unpaired) electrons. The Labute approximate surface area is 316 Å². The molecule has 0 bridgehead atoms. The van der Waals surface area contributed by atoms with E-state index in [1.54, 1.807) is 0 Å². The average Bonchev–Trinajstić information content (AvgIpc) is 3.11. The van der Waals surface area contributed by atoms with Crippen LogP contribution in [0.2, 0.25) is 0 Å². The zero-order chi connectivity index (χ0) is 39.2. The molecule has 53 heavy (non-hydrogen) atoms. The van der Waals surface area contributed by atoms with Gasteiger partial charge >= 0.3 is 11.9 Å².